The second kappa shape index (κ2) is 7.53. The summed E-state index contributed by atoms with van der Waals surface area (Å²) in [5.74, 6) is -0.372. The molecule has 1 heterocycles. The van der Waals surface area contributed by atoms with Crippen molar-refractivity contribution >= 4 is 39.1 Å². The third-order valence-electron chi connectivity index (χ3n) is 2.32. The van der Waals surface area contributed by atoms with Crippen molar-refractivity contribution in [1.29, 1.82) is 0 Å². The molecular weight excluding hydrogens is 318 g/mol. The lowest BCUT2D eigenvalue weighted by molar-refractivity contribution is -0.145. The standard InChI is InChI=1S/C12H16BrNO3S/c1-3-17-12(16)5-4-11(15)14(2)7-9-6-10(13)18-8-9/h6,8H,3-5,7H2,1-2H3. The lowest BCUT2D eigenvalue weighted by atomic mass is 10.2. The molecule has 0 N–H and O–H groups in total. The number of hydrogen-bond acceptors (Lipinski definition) is 4. The van der Waals surface area contributed by atoms with Crippen LogP contribution in [0.4, 0.5) is 0 Å². The lowest BCUT2D eigenvalue weighted by Crippen LogP contribution is -2.26. The summed E-state index contributed by atoms with van der Waals surface area (Å²) in [6, 6.07) is 1.99. The van der Waals surface area contributed by atoms with Gasteiger partial charge in [0, 0.05) is 20.0 Å². The lowest BCUT2D eigenvalue weighted by Gasteiger charge is -2.16. The van der Waals surface area contributed by atoms with E-state index in [1.54, 1.807) is 30.2 Å². The Morgan fingerprint density at radius 3 is 2.72 bits per heavy atom. The molecule has 0 saturated heterocycles. The Balaban J connectivity index is 2.35. The summed E-state index contributed by atoms with van der Waals surface area (Å²) in [5, 5.41) is 2.00. The molecule has 1 amide bonds. The van der Waals surface area contributed by atoms with E-state index in [-0.39, 0.29) is 24.7 Å². The van der Waals surface area contributed by atoms with Crippen molar-refractivity contribution < 1.29 is 14.3 Å². The Labute approximate surface area is 119 Å². The summed E-state index contributed by atoms with van der Waals surface area (Å²) in [6.07, 6.45) is 0.338. The fourth-order valence-corrected chi connectivity index (χ4v) is 2.62. The molecule has 18 heavy (non-hydrogen) atoms. The number of hydrogen-bond donors (Lipinski definition) is 0. The largest absolute Gasteiger partial charge is 0.466 e. The first kappa shape index (κ1) is 15.2. The highest BCUT2D eigenvalue weighted by atomic mass is 79.9. The summed E-state index contributed by atoms with van der Waals surface area (Å²) in [4.78, 5) is 24.5. The number of carbonyl (C=O) groups excluding carboxylic acids is 2. The predicted molar refractivity (Wildman–Crippen MR) is 74.4 cm³/mol. The molecular formula is C12H16BrNO3S. The third-order valence-corrected chi connectivity index (χ3v) is 3.87. The molecule has 0 atom stereocenters. The first-order valence-corrected chi connectivity index (χ1v) is 7.32. The van der Waals surface area contributed by atoms with Crippen molar-refractivity contribution in [2.45, 2.75) is 26.3 Å². The van der Waals surface area contributed by atoms with E-state index in [4.69, 9.17) is 4.74 Å². The first-order chi connectivity index (χ1) is 8.52. The molecule has 100 valence electrons. The highest BCUT2D eigenvalue weighted by molar-refractivity contribution is 9.11. The molecule has 0 saturated carbocycles. The SMILES string of the molecule is CCOC(=O)CCC(=O)N(C)Cc1csc(Br)c1. The predicted octanol–water partition coefficient (Wildman–Crippen LogP) is 2.81. The van der Waals surface area contributed by atoms with Crippen LogP contribution in [0, 0.1) is 0 Å². The quantitative estimate of drug-likeness (QED) is 0.752. The average Bonchev–Trinajstić information content (AvgIpc) is 2.72. The number of thiophene rings is 1. The van der Waals surface area contributed by atoms with Gasteiger partial charge in [-0.2, -0.15) is 0 Å². The molecule has 6 heteroatoms. The monoisotopic (exact) mass is 333 g/mol. The van der Waals surface area contributed by atoms with E-state index >= 15 is 0 Å². The topological polar surface area (TPSA) is 46.6 Å². The van der Waals surface area contributed by atoms with Crippen molar-refractivity contribution in [1.82, 2.24) is 4.90 Å². The number of esters is 1. The second-order valence-electron chi connectivity index (χ2n) is 3.81. The van der Waals surface area contributed by atoms with E-state index in [0.717, 1.165) is 9.35 Å². The molecule has 4 nitrogen and oxygen atoms in total. The molecule has 0 aliphatic carbocycles. The Hall–Kier alpha value is -0.880. The fourth-order valence-electron chi connectivity index (χ4n) is 1.42. The summed E-state index contributed by atoms with van der Waals surface area (Å²) < 4.78 is 5.83. The van der Waals surface area contributed by atoms with Crippen LogP contribution in [0.3, 0.4) is 0 Å². The Morgan fingerprint density at radius 2 is 2.17 bits per heavy atom. The molecule has 0 spiro atoms. The van der Waals surface area contributed by atoms with Crippen LogP contribution < -0.4 is 0 Å². The van der Waals surface area contributed by atoms with Gasteiger partial charge >= 0.3 is 5.97 Å². The van der Waals surface area contributed by atoms with Crippen LogP contribution in [-0.2, 0) is 20.9 Å². The van der Waals surface area contributed by atoms with Crippen LogP contribution in [0.1, 0.15) is 25.3 Å². The van der Waals surface area contributed by atoms with Crippen molar-refractivity contribution in [3.05, 3.63) is 20.8 Å². The number of amides is 1. The molecule has 0 radical (unpaired) electrons. The van der Waals surface area contributed by atoms with Crippen molar-refractivity contribution in [3.63, 3.8) is 0 Å². The number of ether oxygens (including phenoxy) is 1. The normalized spacial score (nSPS) is 10.2. The van der Waals surface area contributed by atoms with E-state index in [1.165, 1.54) is 0 Å². The smallest absolute Gasteiger partial charge is 0.306 e. The molecule has 1 aromatic rings. The number of nitrogens with zero attached hydrogens (tertiary/aromatic N) is 1. The van der Waals surface area contributed by atoms with Gasteiger partial charge < -0.3 is 9.64 Å². The first-order valence-electron chi connectivity index (χ1n) is 5.65. The van der Waals surface area contributed by atoms with Crippen LogP contribution in [0.15, 0.2) is 15.2 Å². The van der Waals surface area contributed by atoms with Crippen LogP contribution in [0.25, 0.3) is 0 Å². The van der Waals surface area contributed by atoms with E-state index in [9.17, 15) is 9.59 Å². The minimum absolute atomic E-state index is 0.0506. The van der Waals surface area contributed by atoms with Gasteiger partial charge in [0.1, 0.15) is 0 Å². The zero-order valence-electron chi connectivity index (χ0n) is 10.4. The average molecular weight is 334 g/mol. The van der Waals surface area contributed by atoms with Crippen LogP contribution in [-0.4, -0.2) is 30.4 Å². The van der Waals surface area contributed by atoms with Crippen LogP contribution in [0.5, 0.6) is 0 Å². The molecule has 1 aromatic heterocycles. The number of halogens is 1. The van der Waals surface area contributed by atoms with Gasteiger partial charge in [-0.15, -0.1) is 11.3 Å². The van der Waals surface area contributed by atoms with Gasteiger partial charge in [0.2, 0.25) is 5.91 Å². The van der Waals surface area contributed by atoms with Gasteiger partial charge in [0.05, 0.1) is 16.8 Å². The van der Waals surface area contributed by atoms with Gasteiger partial charge in [-0.25, -0.2) is 0 Å². The maximum atomic E-state index is 11.8. The molecule has 0 aliphatic rings. The minimum atomic E-state index is -0.322. The molecule has 0 fully saturated rings. The Kier molecular flexibility index (Phi) is 6.35. The van der Waals surface area contributed by atoms with Gasteiger partial charge in [0.15, 0.2) is 0 Å². The molecule has 1 rings (SSSR count). The fraction of sp³-hybridized carbons (Fsp3) is 0.500. The van der Waals surface area contributed by atoms with Crippen molar-refractivity contribution in [3.8, 4) is 0 Å². The summed E-state index contributed by atoms with van der Waals surface area (Å²) in [6.45, 7) is 2.66. The van der Waals surface area contributed by atoms with E-state index in [0.29, 0.717) is 13.2 Å². The maximum Gasteiger partial charge on any atom is 0.306 e. The number of rotatable bonds is 6. The maximum absolute atomic E-state index is 11.8. The number of carbonyl (C=O) groups is 2. The Morgan fingerprint density at radius 1 is 1.44 bits per heavy atom. The summed E-state index contributed by atoms with van der Waals surface area (Å²) in [5.41, 5.74) is 1.08. The van der Waals surface area contributed by atoms with Gasteiger partial charge in [-0.3, -0.25) is 9.59 Å². The molecule has 0 aromatic carbocycles. The van der Waals surface area contributed by atoms with Crippen molar-refractivity contribution in [2.75, 3.05) is 13.7 Å². The van der Waals surface area contributed by atoms with E-state index in [2.05, 4.69) is 15.9 Å². The van der Waals surface area contributed by atoms with Crippen LogP contribution in [0.2, 0.25) is 0 Å². The second-order valence-corrected chi connectivity index (χ2v) is 6.10. The molecule has 0 bridgehead atoms. The van der Waals surface area contributed by atoms with Crippen molar-refractivity contribution in [2.24, 2.45) is 0 Å². The minimum Gasteiger partial charge on any atom is -0.466 e. The van der Waals surface area contributed by atoms with E-state index < -0.39 is 0 Å². The summed E-state index contributed by atoms with van der Waals surface area (Å²) >= 11 is 4.97. The van der Waals surface area contributed by atoms with Crippen LogP contribution >= 0.6 is 27.3 Å². The highest BCUT2D eigenvalue weighted by Gasteiger charge is 2.12. The van der Waals surface area contributed by atoms with E-state index in [1.807, 2.05) is 11.4 Å². The summed E-state index contributed by atoms with van der Waals surface area (Å²) in [7, 11) is 1.74. The third kappa shape index (κ3) is 5.18. The highest BCUT2D eigenvalue weighted by Crippen LogP contribution is 2.21. The zero-order valence-corrected chi connectivity index (χ0v) is 12.8. The zero-order chi connectivity index (χ0) is 13.5. The van der Waals surface area contributed by atoms with Gasteiger partial charge in [-0.05, 0) is 39.9 Å². The van der Waals surface area contributed by atoms with Gasteiger partial charge in [-0.1, -0.05) is 0 Å². The molecule has 0 aliphatic heterocycles. The Bertz CT molecular complexity index is 419. The molecule has 0 unspecified atom stereocenters. The van der Waals surface area contributed by atoms with Gasteiger partial charge in [0.25, 0.3) is 0 Å².